The van der Waals surface area contributed by atoms with Crippen LogP contribution in [0, 0.1) is 16.0 Å². The van der Waals surface area contributed by atoms with Crippen LogP contribution >= 0.6 is 11.6 Å². The van der Waals surface area contributed by atoms with E-state index >= 15 is 0 Å². The molecule has 0 spiro atoms. The lowest BCUT2D eigenvalue weighted by Gasteiger charge is -2.22. The molecule has 8 nitrogen and oxygen atoms in total. The number of amides is 2. The second-order valence-electron chi connectivity index (χ2n) is 7.06. The van der Waals surface area contributed by atoms with E-state index in [2.05, 4.69) is 0 Å². The van der Waals surface area contributed by atoms with Crippen molar-refractivity contribution in [2.45, 2.75) is 19.9 Å². The second-order valence-corrected chi connectivity index (χ2v) is 7.47. The van der Waals surface area contributed by atoms with Crippen LogP contribution in [0.3, 0.4) is 0 Å². The Balaban J connectivity index is 1.68. The Bertz CT molecular complexity index is 964. The third-order valence-electron chi connectivity index (χ3n) is 4.96. The lowest BCUT2D eigenvalue weighted by Crippen LogP contribution is -2.34. The molecule has 1 aliphatic heterocycles. The fourth-order valence-electron chi connectivity index (χ4n) is 3.45. The van der Waals surface area contributed by atoms with Gasteiger partial charge in [-0.15, -0.1) is 0 Å². The molecule has 0 N–H and O–H groups in total. The van der Waals surface area contributed by atoms with Crippen LogP contribution in [-0.4, -0.2) is 41.8 Å². The Kier molecular flexibility index (Phi) is 6.56. The quantitative estimate of drug-likeness (QED) is 0.492. The van der Waals surface area contributed by atoms with Crippen molar-refractivity contribution in [3.05, 3.63) is 63.2 Å². The Hall–Kier alpha value is -3.13. The fourth-order valence-corrected chi connectivity index (χ4v) is 3.63. The number of nitro groups is 1. The zero-order chi connectivity index (χ0) is 21.8. The molecule has 9 heteroatoms. The lowest BCUT2D eigenvalue weighted by atomic mass is 10.1. The molecule has 3 rings (SSSR count). The highest BCUT2D eigenvalue weighted by Crippen LogP contribution is 2.29. The predicted octanol–water partition coefficient (Wildman–Crippen LogP) is 3.66. The topological polar surface area (TPSA) is 93.0 Å². The van der Waals surface area contributed by atoms with Crippen molar-refractivity contribution < 1.29 is 19.2 Å². The number of hydrogen-bond donors (Lipinski definition) is 0. The highest BCUT2D eigenvalue weighted by Gasteiger charge is 2.36. The van der Waals surface area contributed by atoms with Gasteiger partial charge in [0.1, 0.15) is 5.75 Å². The van der Waals surface area contributed by atoms with Crippen molar-refractivity contribution in [3.8, 4) is 5.75 Å². The highest BCUT2D eigenvalue weighted by atomic mass is 35.5. The van der Waals surface area contributed by atoms with Gasteiger partial charge in [-0.2, -0.15) is 0 Å². The number of carbonyl (C=O) groups excluding carboxylic acids is 2. The number of nitrogens with zero attached hydrogens (tertiary/aromatic N) is 3. The molecule has 2 aromatic carbocycles. The number of rotatable bonds is 7. The summed E-state index contributed by atoms with van der Waals surface area (Å²) in [5, 5.41) is 11.3. The summed E-state index contributed by atoms with van der Waals surface area (Å²) < 4.78 is 5.41. The maximum Gasteiger partial charge on any atom is 0.269 e. The number of non-ortho nitro benzene ring substituents is 1. The number of carbonyl (C=O) groups is 2. The molecule has 2 aromatic rings. The van der Waals surface area contributed by atoms with Gasteiger partial charge in [0.15, 0.2) is 0 Å². The van der Waals surface area contributed by atoms with Gasteiger partial charge in [-0.1, -0.05) is 11.6 Å². The summed E-state index contributed by atoms with van der Waals surface area (Å²) in [6.45, 7) is 2.84. The first-order valence-corrected chi connectivity index (χ1v) is 9.89. The standard InChI is InChI=1S/C21H22ClN3O5/c1-3-30-18-7-4-16(5-8-18)24-13-15(11-20(24)26)21(27)23(2)12-14-10-17(25(28)29)6-9-19(14)22/h4-10,15H,3,11-13H2,1-2H3/t15-/m0/s1. The van der Waals surface area contributed by atoms with Crippen molar-refractivity contribution in [2.24, 2.45) is 5.92 Å². The molecule has 0 aliphatic carbocycles. The largest absolute Gasteiger partial charge is 0.494 e. The molecule has 1 fully saturated rings. The van der Waals surface area contributed by atoms with Crippen LogP contribution in [0.25, 0.3) is 0 Å². The highest BCUT2D eigenvalue weighted by molar-refractivity contribution is 6.31. The summed E-state index contributed by atoms with van der Waals surface area (Å²) in [4.78, 5) is 38.9. The molecule has 158 valence electrons. The summed E-state index contributed by atoms with van der Waals surface area (Å²) in [7, 11) is 1.60. The van der Waals surface area contributed by atoms with Crippen molar-refractivity contribution in [2.75, 3.05) is 25.1 Å². The van der Waals surface area contributed by atoms with Crippen LogP contribution in [0.1, 0.15) is 18.9 Å². The SMILES string of the molecule is CCOc1ccc(N2C[C@@H](C(=O)N(C)Cc3cc([N+](=O)[O-])ccc3Cl)CC2=O)cc1. The average Bonchev–Trinajstić information content (AvgIpc) is 3.11. The Labute approximate surface area is 179 Å². The van der Waals surface area contributed by atoms with Crippen LogP contribution in [0.15, 0.2) is 42.5 Å². The molecule has 1 saturated heterocycles. The number of nitro benzene ring substituents is 1. The molecule has 0 aromatic heterocycles. The monoisotopic (exact) mass is 431 g/mol. The molecule has 30 heavy (non-hydrogen) atoms. The molecule has 1 aliphatic rings. The van der Waals surface area contributed by atoms with E-state index in [9.17, 15) is 19.7 Å². The third-order valence-corrected chi connectivity index (χ3v) is 5.33. The molecule has 0 radical (unpaired) electrons. The van der Waals surface area contributed by atoms with Crippen LogP contribution in [-0.2, 0) is 16.1 Å². The lowest BCUT2D eigenvalue weighted by molar-refractivity contribution is -0.384. The number of ether oxygens (including phenoxy) is 1. The summed E-state index contributed by atoms with van der Waals surface area (Å²) >= 11 is 6.14. The average molecular weight is 432 g/mol. The molecule has 1 atom stereocenters. The van der Waals surface area contributed by atoms with Gasteiger partial charge in [0.2, 0.25) is 11.8 Å². The smallest absolute Gasteiger partial charge is 0.269 e. The Morgan fingerprint density at radius 1 is 1.30 bits per heavy atom. The fraction of sp³-hybridized carbons (Fsp3) is 0.333. The van der Waals surface area contributed by atoms with Crippen LogP contribution < -0.4 is 9.64 Å². The summed E-state index contributed by atoms with van der Waals surface area (Å²) in [6.07, 6.45) is 0.110. The van der Waals surface area contributed by atoms with Gasteiger partial charge in [-0.25, -0.2) is 0 Å². The summed E-state index contributed by atoms with van der Waals surface area (Å²) in [5.41, 5.74) is 1.10. The van der Waals surface area contributed by atoms with Crippen molar-refractivity contribution in [3.63, 3.8) is 0 Å². The van der Waals surface area contributed by atoms with E-state index in [-0.39, 0.29) is 37.0 Å². The van der Waals surface area contributed by atoms with Gasteiger partial charge in [0, 0.05) is 49.4 Å². The van der Waals surface area contributed by atoms with Crippen LogP contribution in [0.5, 0.6) is 5.75 Å². The Morgan fingerprint density at radius 2 is 2.00 bits per heavy atom. The van der Waals surface area contributed by atoms with E-state index in [0.29, 0.717) is 28.6 Å². The molecule has 2 amide bonds. The minimum absolute atomic E-state index is 0.0898. The van der Waals surface area contributed by atoms with Gasteiger partial charge >= 0.3 is 0 Å². The summed E-state index contributed by atoms with van der Waals surface area (Å²) in [6, 6.07) is 11.3. The first-order valence-electron chi connectivity index (χ1n) is 9.51. The number of anilines is 1. The third kappa shape index (κ3) is 4.71. The maximum absolute atomic E-state index is 12.9. The summed E-state index contributed by atoms with van der Waals surface area (Å²) in [5.74, 6) is -0.112. The number of benzene rings is 2. The zero-order valence-electron chi connectivity index (χ0n) is 16.7. The normalized spacial score (nSPS) is 15.9. The van der Waals surface area contributed by atoms with Gasteiger partial charge in [0.25, 0.3) is 5.69 Å². The van der Waals surface area contributed by atoms with E-state index in [4.69, 9.17) is 16.3 Å². The minimum Gasteiger partial charge on any atom is -0.494 e. The van der Waals surface area contributed by atoms with Gasteiger partial charge < -0.3 is 14.5 Å². The van der Waals surface area contributed by atoms with Gasteiger partial charge in [0.05, 0.1) is 17.4 Å². The first kappa shape index (κ1) is 21.6. The molecule has 1 heterocycles. The van der Waals surface area contributed by atoms with E-state index in [1.54, 1.807) is 36.2 Å². The molecule has 0 saturated carbocycles. The minimum atomic E-state index is -0.508. The molecule has 0 bridgehead atoms. The number of halogens is 1. The molecular weight excluding hydrogens is 410 g/mol. The zero-order valence-corrected chi connectivity index (χ0v) is 17.5. The van der Waals surface area contributed by atoms with E-state index < -0.39 is 10.8 Å². The molecular formula is C21H22ClN3O5. The van der Waals surface area contributed by atoms with Crippen LogP contribution in [0.2, 0.25) is 5.02 Å². The van der Waals surface area contributed by atoms with Gasteiger partial charge in [-0.3, -0.25) is 19.7 Å². The van der Waals surface area contributed by atoms with E-state index in [1.165, 1.54) is 23.1 Å². The number of hydrogen-bond acceptors (Lipinski definition) is 5. The second kappa shape index (κ2) is 9.13. The molecule has 0 unspecified atom stereocenters. The van der Waals surface area contributed by atoms with Crippen molar-refractivity contribution in [1.82, 2.24) is 4.90 Å². The van der Waals surface area contributed by atoms with Crippen molar-refractivity contribution >= 4 is 34.8 Å². The van der Waals surface area contributed by atoms with Crippen molar-refractivity contribution in [1.29, 1.82) is 0 Å². The van der Waals surface area contributed by atoms with Crippen LogP contribution in [0.4, 0.5) is 11.4 Å². The predicted molar refractivity (Wildman–Crippen MR) is 113 cm³/mol. The van der Waals surface area contributed by atoms with Gasteiger partial charge in [-0.05, 0) is 42.8 Å². The first-order chi connectivity index (χ1) is 14.3. The Morgan fingerprint density at radius 3 is 2.63 bits per heavy atom. The maximum atomic E-state index is 12.9. The van der Waals surface area contributed by atoms with E-state index in [0.717, 1.165) is 0 Å². The van der Waals surface area contributed by atoms with E-state index in [1.807, 2.05) is 6.92 Å².